The molecule has 0 atom stereocenters. The number of quaternary nitrogens is 2. The minimum atomic E-state index is -0.283. The van der Waals surface area contributed by atoms with E-state index in [9.17, 15) is 0 Å². The van der Waals surface area contributed by atoms with E-state index in [1.165, 1.54) is 141 Å². The summed E-state index contributed by atoms with van der Waals surface area (Å²) in [7, 11) is 0. The van der Waals surface area contributed by atoms with Crippen LogP contribution in [0.4, 0.5) is 0 Å². The van der Waals surface area contributed by atoms with Gasteiger partial charge in [-0.1, -0.05) is 155 Å². The fourth-order valence-corrected chi connectivity index (χ4v) is 8.30. The first kappa shape index (κ1) is 62.0. The van der Waals surface area contributed by atoms with E-state index in [0.29, 0.717) is 26.4 Å². The third-order valence-corrected chi connectivity index (χ3v) is 13.4. The van der Waals surface area contributed by atoms with Gasteiger partial charge in [0.05, 0.1) is 84.3 Å². The Hall–Kier alpha value is 0.720. The van der Waals surface area contributed by atoms with Crippen LogP contribution < -0.4 is 34.0 Å². The van der Waals surface area contributed by atoms with Crippen LogP contribution in [0.15, 0.2) is 0 Å². The van der Waals surface area contributed by atoms with Gasteiger partial charge in [-0.2, -0.15) is 0 Å². The summed E-state index contributed by atoms with van der Waals surface area (Å²) in [6.07, 6.45) is 32.7. The zero-order valence-corrected chi connectivity index (χ0v) is 43.2. The number of ether oxygens (including phenoxy) is 4. The highest BCUT2D eigenvalue weighted by atomic mass is 79.9. The van der Waals surface area contributed by atoms with Gasteiger partial charge in [0.1, 0.15) is 13.1 Å². The van der Waals surface area contributed by atoms with Gasteiger partial charge < -0.3 is 61.9 Å². The van der Waals surface area contributed by atoms with E-state index in [1.54, 1.807) is 0 Å². The van der Waals surface area contributed by atoms with Gasteiger partial charge >= 0.3 is 0 Å². The van der Waals surface area contributed by atoms with E-state index in [0.717, 1.165) is 101 Å². The molecule has 0 radical (unpaired) electrons. The van der Waals surface area contributed by atoms with E-state index in [2.05, 4.69) is 55.4 Å². The lowest BCUT2D eigenvalue weighted by Crippen LogP contribution is -3.00. The van der Waals surface area contributed by atoms with Gasteiger partial charge in [-0.25, -0.2) is 0 Å². The van der Waals surface area contributed by atoms with Crippen molar-refractivity contribution >= 4 is 0 Å². The fourth-order valence-electron chi connectivity index (χ4n) is 8.30. The normalized spacial score (nSPS) is 12.2. The molecule has 0 heterocycles. The molecule has 0 amide bonds. The maximum atomic E-state index is 6.60. The lowest BCUT2D eigenvalue weighted by molar-refractivity contribution is -0.923. The Bertz CT molecular complexity index is 691. The van der Waals surface area contributed by atoms with Crippen molar-refractivity contribution < 1.29 is 61.9 Å². The summed E-state index contributed by atoms with van der Waals surface area (Å²) in [5.74, 6) is 0. The molecule has 0 aromatic carbocycles. The van der Waals surface area contributed by atoms with Gasteiger partial charge in [0.2, 0.25) is 0 Å². The van der Waals surface area contributed by atoms with Crippen molar-refractivity contribution in [2.24, 2.45) is 5.41 Å². The minimum absolute atomic E-state index is 0. The second kappa shape index (κ2) is 44.8. The molecule has 0 unspecified atom stereocenters. The molecule has 0 N–H and O–H groups in total. The molecule has 0 aromatic heterocycles. The van der Waals surface area contributed by atoms with Crippen LogP contribution in [-0.2, 0) is 18.9 Å². The van der Waals surface area contributed by atoms with Gasteiger partial charge in [0, 0.05) is 13.2 Å². The summed E-state index contributed by atoms with van der Waals surface area (Å²) in [5, 5.41) is 0. The zero-order valence-electron chi connectivity index (χ0n) is 40.1. The van der Waals surface area contributed by atoms with Crippen LogP contribution in [0.3, 0.4) is 0 Å². The topological polar surface area (TPSA) is 36.9 Å². The first-order valence-electron chi connectivity index (χ1n) is 24.9. The Morgan fingerprint density at radius 1 is 0.281 bits per heavy atom. The molecular weight excluding hydrogens is 840 g/mol. The minimum Gasteiger partial charge on any atom is -1.00 e. The Morgan fingerprint density at radius 2 is 0.491 bits per heavy atom. The van der Waals surface area contributed by atoms with Gasteiger partial charge in [0.25, 0.3) is 0 Å². The molecule has 0 aliphatic carbocycles. The lowest BCUT2D eigenvalue weighted by atomic mass is 9.92. The Labute approximate surface area is 380 Å². The zero-order chi connectivity index (χ0) is 40.6. The smallest absolute Gasteiger partial charge is 0.102 e. The molecule has 0 bridgehead atoms. The number of hydrogen-bond donors (Lipinski definition) is 0. The number of likely N-dealkylation sites (N-methyl/N-ethyl adjacent to an activating group) is 2. The van der Waals surface area contributed by atoms with Crippen LogP contribution in [0, 0.1) is 5.41 Å². The lowest BCUT2D eigenvalue weighted by Gasteiger charge is -2.38. The summed E-state index contributed by atoms with van der Waals surface area (Å²) in [6, 6.07) is 0. The Morgan fingerprint density at radius 3 is 0.719 bits per heavy atom. The maximum absolute atomic E-state index is 6.60. The molecule has 8 heteroatoms. The maximum Gasteiger partial charge on any atom is 0.102 e. The highest BCUT2D eigenvalue weighted by Gasteiger charge is 2.34. The number of hydrogen-bond acceptors (Lipinski definition) is 4. The first-order chi connectivity index (χ1) is 26.9. The molecule has 348 valence electrons. The number of unbranched alkanes of at least 4 members (excludes halogenated alkanes) is 22. The van der Waals surface area contributed by atoms with Gasteiger partial charge in [-0.15, -0.1) is 0 Å². The van der Waals surface area contributed by atoms with E-state index >= 15 is 0 Å². The molecule has 0 aromatic rings. The number of halogens is 2. The second-order valence-electron chi connectivity index (χ2n) is 17.5. The van der Waals surface area contributed by atoms with Gasteiger partial charge in [-0.05, 0) is 54.4 Å². The summed E-state index contributed by atoms with van der Waals surface area (Å²) >= 11 is 0. The molecular formula is C49H104Br2N2O4. The highest BCUT2D eigenvalue weighted by molar-refractivity contribution is 4.80. The molecule has 0 aliphatic heterocycles. The molecule has 0 spiro atoms. The van der Waals surface area contributed by atoms with Crippen LogP contribution in [0.5, 0.6) is 0 Å². The molecule has 0 saturated carbocycles. The van der Waals surface area contributed by atoms with Crippen LogP contribution in [-0.4, -0.2) is 114 Å². The van der Waals surface area contributed by atoms with Crippen molar-refractivity contribution in [1.82, 2.24) is 0 Å². The second-order valence-corrected chi connectivity index (χ2v) is 17.5. The van der Waals surface area contributed by atoms with Gasteiger partial charge in [-0.3, -0.25) is 0 Å². The van der Waals surface area contributed by atoms with Crippen molar-refractivity contribution in [3.8, 4) is 0 Å². The van der Waals surface area contributed by atoms with Crippen LogP contribution >= 0.6 is 0 Å². The van der Waals surface area contributed by atoms with Crippen molar-refractivity contribution in [2.75, 3.05) is 105 Å². The first-order valence-corrected chi connectivity index (χ1v) is 24.9. The Kier molecular flexibility index (Phi) is 48.7. The summed E-state index contributed by atoms with van der Waals surface area (Å²) in [5.41, 5.74) is -0.283. The van der Waals surface area contributed by atoms with Crippen LogP contribution in [0.1, 0.15) is 209 Å². The third kappa shape index (κ3) is 34.0. The highest BCUT2D eigenvalue weighted by Crippen LogP contribution is 2.23. The quantitative estimate of drug-likeness (QED) is 0.0479. The predicted octanol–water partition coefficient (Wildman–Crippen LogP) is 7.20. The van der Waals surface area contributed by atoms with Crippen molar-refractivity contribution in [3.63, 3.8) is 0 Å². The average Bonchev–Trinajstić information content (AvgIpc) is 3.21. The van der Waals surface area contributed by atoms with Crippen LogP contribution in [0.2, 0.25) is 0 Å². The molecule has 0 aliphatic rings. The van der Waals surface area contributed by atoms with E-state index in [1.807, 2.05) is 0 Å². The largest absolute Gasteiger partial charge is 1.00 e. The molecule has 0 saturated heterocycles. The predicted molar refractivity (Wildman–Crippen MR) is 241 cm³/mol. The van der Waals surface area contributed by atoms with E-state index < -0.39 is 0 Å². The van der Waals surface area contributed by atoms with Crippen molar-refractivity contribution in [3.05, 3.63) is 0 Å². The van der Waals surface area contributed by atoms with Gasteiger partial charge in [0.15, 0.2) is 0 Å². The van der Waals surface area contributed by atoms with Crippen LogP contribution in [0.25, 0.3) is 0 Å². The standard InChI is InChI=1S/C49H104N2O4.2BrH/c1-9-17-19-21-23-25-27-29-31-33-35-37-41-52-45-49(47-54-43-39-50(11-3,12-4)13-5,48-55-44-40-51(14-6,15-7)16-8)46-53-42-38-36-34-32-30-28-26-24-22-20-18-10-2;;/h9-48H2,1-8H3;2*1H/q+2;;/p-2. The molecule has 57 heavy (non-hydrogen) atoms. The average molecular weight is 945 g/mol. The van der Waals surface area contributed by atoms with E-state index in [4.69, 9.17) is 18.9 Å². The third-order valence-electron chi connectivity index (χ3n) is 13.4. The number of rotatable bonds is 46. The van der Waals surface area contributed by atoms with Crippen molar-refractivity contribution in [1.29, 1.82) is 0 Å². The Balaban J connectivity index is -0.0000146. The molecule has 6 nitrogen and oxygen atoms in total. The summed E-state index contributed by atoms with van der Waals surface area (Å²) in [4.78, 5) is 0. The van der Waals surface area contributed by atoms with E-state index in [-0.39, 0.29) is 39.4 Å². The molecule has 0 rings (SSSR count). The fraction of sp³-hybridized carbons (Fsp3) is 1.00. The monoisotopic (exact) mass is 943 g/mol. The summed E-state index contributed by atoms with van der Waals surface area (Å²) in [6.45, 7) is 33.3. The molecule has 0 fully saturated rings. The SMILES string of the molecule is CCCCCCCCCCCCCCOCC(COCCCCCCCCCCCCCC)(COCC[N+](CC)(CC)CC)COCC[N+](CC)(CC)CC.[Br-].[Br-]. The number of nitrogens with zero attached hydrogens (tertiary/aromatic N) is 2. The summed E-state index contributed by atoms with van der Waals surface area (Å²) < 4.78 is 28.5. The van der Waals surface area contributed by atoms with Crippen molar-refractivity contribution in [2.45, 2.75) is 209 Å².